The van der Waals surface area contributed by atoms with Crippen LogP contribution in [0.2, 0.25) is 0 Å². The molecule has 5 heteroatoms. The molecule has 26 heavy (non-hydrogen) atoms. The lowest BCUT2D eigenvalue weighted by atomic mass is 9.80. The summed E-state index contributed by atoms with van der Waals surface area (Å²) in [5.41, 5.74) is 3.17. The average Bonchev–Trinajstić information content (AvgIpc) is 2.59. The minimum absolute atomic E-state index is 0.0914. The largest absolute Gasteiger partial charge is 0.349 e. The smallest absolute Gasteiger partial charge is 0.224 e. The number of amides is 2. The van der Waals surface area contributed by atoms with Crippen LogP contribution in [0.15, 0.2) is 42.5 Å². The van der Waals surface area contributed by atoms with Gasteiger partial charge in [-0.2, -0.15) is 0 Å². The first-order valence-corrected chi connectivity index (χ1v) is 8.87. The minimum Gasteiger partial charge on any atom is -0.349 e. The summed E-state index contributed by atoms with van der Waals surface area (Å²) in [6.07, 6.45) is 1.80. The van der Waals surface area contributed by atoms with Gasteiger partial charge in [0.1, 0.15) is 5.82 Å². The Balaban J connectivity index is 1.68. The van der Waals surface area contributed by atoms with Crippen molar-refractivity contribution in [2.24, 2.45) is 5.92 Å². The minimum atomic E-state index is -0.192. The standard InChI is InChI=1S/C21H23FN2O2/c1-13-6-11-17-18(4-3-5-19(17)22)21(13)24-20(26)12-15-7-9-16(10-8-15)23-14(2)25/h3-5,7-10,13,21H,6,11-12H2,1-2H3,(H,23,25)(H,24,26)/t13-,21-/m1/s1. The van der Waals surface area contributed by atoms with Gasteiger partial charge in [-0.25, -0.2) is 4.39 Å². The molecule has 0 aliphatic heterocycles. The van der Waals surface area contributed by atoms with E-state index in [0.29, 0.717) is 12.1 Å². The van der Waals surface area contributed by atoms with E-state index in [0.717, 1.165) is 23.1 Å². The van der Waals surface area contributed by atoms with Crippen LogP contribution in [0, 0.1) is 11.7 Å². The fourth-order valence-electron chi connectivity index (χ4n) is 3.51. The highest BCUT2D eigenvalue weighted by atomic mass is 19.1. The highest BCUT2D eigenvalue weighted by Crippen LogP contribution is 2.35. The van der Waals surface area contributed by atoms with Crippen LogP contribution in [0.1, 0.15) is 43.0 Å². The van der Waals surface area contributed by atoms with E-state index in [9.17, 15) is 14.0 Å². The van der Waals surface area contributed by atoms with E-state index in [2.05, 4.69) is 17.6 Å². The first-order valence-electron chi connectivity index (χ1n) is 8.87. The van der Waals surface area contributed by atoms with E-state index in [4.69, 9.17) is 0 Å². The van der Waals surface area contributed by atoms with Gasteiger partial charge in [0.25, 0.3) is 0 Å². The highest BCUT2D eigenvalue weighted by molar-refractivity contribution is 5.88. The fraction of sp³-hybridized carbons (Fsp3) is 0.333. The lowest BCUT2D eigenvalue weighted by Crippen LogP contribution is -2.36. The quantitative estimate of drug-likeness (QED) is 0.878. The van der Waals surface area contributed by atoms with Gasteiger partial charge >= 0.3 is 0 Å². The number of halogens is 1. The van der Waals surface area contributed by atoms with Crippen LogP contribution in [-0.4, -0.2) is 11.8 Å². The molecule has 0 radical (unpaired) electrons. The van der Waals surface area contributed by atoms with Gasteiger partial charge in [0.05, 0.1) is 12.5 Å². The van der Waals surface area contributed by atoms with Crippen molar-refractivity contribution in [2.45, 2.75) is 39.2 Å². The number of fused-ring (bicyclic) bond motifs is 1. The maximum atomic E-state index is 14.0. The number of hydrogen-bond donors (Lipinski definition) is 2. The van der Waals surface area contributed by atoms with Crippen molar-refractivity contribution in [3.63, 3.8) is 0 Å². The van der Waals surface area contributed by atoms with Gasteiger partial charge in [0.2, 0.25) is 11.8 Å². The predicted octanol–water partition coefficient (Wildman–Crippen LogP) is 3.77. The highest BCUT2D eigenvalue weighted by Gasteiger charge is 2.29. The molecule has 0 saturated carbocycles. The summed E-state index contributed by atoms with van der Waals surface area (Å²) in [6, 6.07) is 12.1. The number of benzene rings is 2. The van der Waals surface area contributed by atoms with Crippen LogP contribution in [0.4, 0.5) is 10.1 Å². The molecule has 2 N–H and O–H groups in total. The van der Waals surface area contributed by atoms with Crippen molar-refractivity contribution in [1.82, 2.24) is 5.32 Å². The van der Waals surface area contributed by atoms with Crippen LogP contribution in [0.3, 0.4) is 0 Å². The number of carbonyl (C=O) groups is 2. The van der Waals surface area contributed by atoms with E-state index in [1.54, 1.807) is 18.2 Å². The zero-order valence-electron chi connectivity index (χ0n) is 15.0. The van der Waals surface area contributed by atoms with E-state index in [-0.39, 0.29) is 36.0 Å². The molecule has 3 rings (SSSR count). The Morgan fingerprint density at radius 3 is 2.58 bits per heavy atom. The van der Waals surface area contributed by atoms with Crippen molar-refractivity contribution in [3.8, 4) is 0 Å². The third kappa shape index (κ3) is 4.10. The molecule has 2 amide bonds. The molecule has 136 valence electrons. The molecule has 2 aromatic carbocycles. The van der Waals surface area contributed by atoms with E-state index in [1.165, 1.54) is 13.0 Å². The molecule has 0 saturated heterocycles. The van der Waals surface area contributed by atoms with Crippen molar-refractivity contribution in [2.75, 3.05) is 5.32 Å². The monoisotopic (exact) mass is 354 g/mol. The molecule has 0 aromatic heterocycles. The van der Waals surface area contributed by atoms with Crippen molar-refractivity contribution in [3.05, 3.63) is 65.0 Å². The van der Waals surface area contributed by atoms with Gasteiger partial charge in [-0.05, 0) is 53.6 Å². The molecule has 0 spiro atoms. The second kappa shape index (κ2) is 7.68. The van der Waals surface area contributed by atoms with Gasteiger partial charge in [0.15, 0.2) is 0 Å². The van der Waals surface area contributed by atoms with E-state index < -0.39 is 0 Å². The molecule has 1 aliphatic carbocycles. The molecular formula is C21H23FN2O2. The van der Waals surface area contributed by atoms with Gasteiger partial charge in [-0.15, -0.1) is 0 Å². The zero-order chi connectivity index (χ0) is 18.7. The Morgan fingerprint density at radius 1 is 1.15 bits per heavy atom. The lowest BCUT2D eigenvalue weighted by molar-refractivity contribution is -0.121. The number of hydrogen-bond acceptors (Lipinski definition) is 2. The summed E-state index contributed by atoms with van der Waals surface area (Å²) in [5.74, 6) is -0.156. The second-order valence-corrected chi connectivity index (χ2v) is 6.92. The second-order valence-electron chi connectivity index (χ2n) is 6.92. The summed E-state index contributed by atoms with van der Waals surface area (Å²) < 4.78 is 14.0. The van der Waals surface area contributed by atoms with Crippen LogP contribution in [0.25, 0.3) is 0 Å². The normalized spacial score (nSPS) is 18.7. The molecule has 0 fully saturated rings. The Morgan fingerprint density at radius 2 is 1.88 bits per heavy atom. The summed E-state index contributed by atoms with van der Waals surface area (Å²) in [7, 11) is 0. The molecule has 1 aliphatic rings. The number of anilines is 1. The van der Waals surface area contributed by atoms with Gasteiger partial charge < -0.3 is 10.6 Å². The van der Waals surface area contributed by atoms with E-state index in [1.807, 2.05) is 18.2 Å². The third-order valence-electron chi connectivity index (χ3n) is 4.86. The number of nitrogens with one attached hydrogen (secondary N) is 2. The maximum absolute atomic E-state index is 14.0. The molecular weight excluding hydrogens is 331 g/mol. The fourth-order valence-corrected chi connectivity index (χ4v) is 3.51. The van der Waals surface area contributed by atoms with Crippen molar-refractivity contribution in [1.29, 1.82) is 0 Å². The summed E-state index contributed by atoms with van der Waals surface area (Å²) in [4.78, 5) is 23.6. The SMILES string of the molecule is CC(=O)Nc1ccc(CC(=O)N[C@H]2c3cccc(F)c3CC[C@H]2C)cc1. The van der Waals surface area contributed by atoms with Gasteiger partial charge in [-0.1, -0.05) is 31.2 Å². The zero-order valence-corrected chi connectivity index (χ0v) is 15.0. The van der Waals surface area contributed by atoms with Gasteiger partial charge in [-0.3, -0.25) is 9.59 Å². The van der Waals surface area contributed by atoms with Crippen molar-refractivity contribution < 1.29 is 14.0 Å². The molecule has 4 nitrogen and oxygen atoms in total. The lowest BCUT2D eigenvalue weighted by Gasteiger charge is -2.32. The van der Waals surface area contributed by atoms with E-state index >= 15 is 0 Å². The van der Waals surface area contributed by atoms with Crippen LogP contribution in [-0.2, 0) is 22.4 Å². The third-order valence-corrected chi connectivity index (χ3v) is 4.86. The Kier molecular flexibility index (Phi) is 5.35. The summed E-state index contributed by atoms with van der Waals surface area (Å²) in [5, 5.41) is 5.77. The molecule has 0 heterocycles. The number of carbonyl (C=O) groups excluding carboxylic acids is 2. The van der Waals surface area contributed by atoms with Crippen molar-refractivity contribution >= 4 is 17.5 Å². The molecule has 0 bridgehead atoms. The summed E-state index contributed by atoms with van der Waals surface area (Å²) >= 11 is 0. The van der Waals surface area contributed by atoms with Crippen LogP contribution >= 0.6 is 0 Å². The van der Waals surface area contributed by atoms with Crippen LogP contribution in [0.5, 0.6) is 0 Å². The molecule has 2 atom stereocenters. The Hall–Kier alpha value is -2.69. The Labute approximate surface area is 152 Å². The summed E-state index contributed by atoms with van der Waals surface area (Å²) in [6.45, 7) is 3.54. The van der Waals surface area contributed by atoms with Crippen LogP contribution < -0.4 is 10.6 Å². The predicted molar refractivity (Wildman–Crippen MR) is 99.2 cm³/mol. The van der Waals surface area contributed by atoms with Gasteiger partial charge in [0, 0.05) is 12.6 Å². The average molecular weight is 354 g/mol. The molecule has 2 aromatic rings. The first kappa shape index (κ1) is 18.1. The maximum Gasteiger partial charge on any atom is 0.224 e. The topological polar surface area (TPSA) is 58.2 Å². The Bertz CT molecular complexity index is 817. The molecule has 0 unspecified atom stereocenters. The number of rotatable bonds is 4. The first-order chi connectivity index (χ1) is 12.4.